The molecule has 1 aromatic carbocycles. The van der Waals surface area contributed by atoms with E-state index in [1.54, 1.807) is 24.3 Å². The maximum Gasteiger partial charge on any atom is 0.433 e. The zero-order valence-electron chi connectivity index (χ0n) is 10.3. The first-order valence-corrected chi connectivity index (χ1v) is 6.74. The molecule has 0 fully saturated rings. The third-order valence-electron chi connectivity index (χ3n) is 2.37. The molecule has 0 saturated carbocycles. The molecular formula is C12H8BrF3N4S. The zero-order chi connectivity index (χ0) is 15.6. The van der Waals surface area contributed by atoms with E-state index in [-0.39, 0.29) is 16.8 Å². The summed E-state index contributed by atoms with van der Waals surface area (Å²) in [6.07, 6.45) is -4.60. The van der Waals surface area contributed by atoms with Crippen LogP contribution in [-0.2, 0) is 6.18 Å². The van der Waals surface area contributed by atoms with Gasteiger partial charge in [0.25, 0.3) is 0 Å². The Kier molecular flexibility index (Phi) is 4.43. The molecule has 2 rings (SSSR count). The van der Waals surface area contributed by atoms with Gasteiger partial charge >= 0.3 is 6.18 Å². The molecule has 0 aliphatic carbocycles. The third-order valence-corrected chi connectivity index (χ3v) is 2.97. The van der Waals surface area contributed by atoms with E-state index in [2.05, 4.69) is 43.4 Å². The minimum atomic E-state index is -4.60. The van der Waals surface area contributed by atoms with E-state index in [1.807, 2.05) is 0 Å². The van der Waals surface area contributed by atoms with Gasteiger partial charge in [-0.1, -0.05) is 28.1 Å². The molecule has 0 bridgehead atoms. The molecule has 0 radical (unpaired) electrons. The van der Waals surface area contributed by atoms with Crippen molar-refractivity contribution in [2.45, 2.75) is 6.18 Å². The van der Waals surface area contributed by atoms with Crippen LogP contribution in [0.1, 0.15) is 5.69 Å². The zero-order valence-corrected chi connectivity index (χ0v) is 12.7. The van der Waals surface area contributed by atoms with Gasteiger partial charge in [0.1, 0.15) is 0 Å². The molecule has 0 spiro atoms. The molecule has 3 N–H and O–H groups in total. The van der Waals surface area contributed by atoms with Crippen LogP contribution in [0.4, 0.5) is 19.1 Å². The van der Waals surface area contributed by atoms with E-state index in [9.17, 15) is 13.2 Å². The van der Waals surface area contributed by atoms with Crippen LogP contribution < -0.4 is 11.1 Å². The fraction of sp³-hybridized carbons (Fsp3) is 0.0833. The third kappa shape index (κ3) is 4.11. The number of hydrogen-bond acceptors (Lipinski definition) is 3. The van der Waals surface area contributed by atoms with Crippen LogP contribution in [0.5, 0.6) is 0 Å². The summed E-state index contributed by atoms with van der Waals surface area (Å²) in [6, 6.07) is 7.59. The van der Waals surface area contributed by atoms with Crippen molar-refractivity contribution in [3.8, 4) is 11.3 Å². The highest BCUT2D eigenvalue weighted by atomic mass is 79.9. The van der Waals surface area contributed by atoms with E-state index >= 15 is 0 Å². The molecule has 0 atom stereocenters. The first kappa shape index (κ1) is 15.6. The van der Waals surface area contributed by atoms with Crippen LogP contribution in [0, 0.1) is 0 Å². The van der Waals surface area contributed by atoms with Crippen LogP contribution in [0.3, 0.4) is 0 Å². The van der Waals surface area contributed by atoms with E-state index in [4.69, 9.17) is 5.73 Å². The molecule has 0 unspecified atom stereocenters. The Balaban J connectivity index is 2.57. The molecule has 9 heteroatoms. The molecule has 1 aromatic heterocycles. The molecule has 0 saturated heterocycles. The van der Waals surface area contributed by atoms with Gasteiger partial charge in [-0.25, -0.2) is 9.97 Å². The van der Waals surface area contributed by atoms with Crippen molar-refractivity contribution < 1.29 is 13.2 Å². The molecule has 110 valence electrons. The summed E-state index contributed by atoms with van der Waals surface area (Å²) in [5, 5.41) is 2.10. The van der Waals surface area contributed by atoms with Gasteiger partial charge in [-0.3, -0.25) is 0 Å². The first-order valence-electron chi connectivity index (χ1n) is 5.54. The number of anilines is 1. The topological polar surface area (TPSA) is 63.8 Å². The lowest BCUT2D eigenvalue weighted by atomic mass is 10.1. The number of hydrogen-bond donors (Lipinski definition) is 2. The van der Waals surface area contributed by atoms with Crippen molar-refractivity contribution in [2.24, 2.45) is 5.73 Å². The van der Waals surface area contributed by atoms with Crippen LogP contribution >= 0.6 is 28.1 Å². The number of rotatable bonds is 2. The Morgan fingerprint density at radius 1 is 1.24 bits per heavy atom. The van der Waals surface area contributed by atoms with Gasteiger partial charge in [-0.15, -0.1) is 0 Å². The van der Waals surface area contributed by atoms with Gasteiger partial charge in [0, 0.05) is 10.0 Å². The van der Waals surface area contributed by atoms with Gasteiger partial charge < -0.3 is 11.1 Å². The quantitative estimate of drug-likeness (QED) is 0.784. The standard InChI is InChI=1S/C12H8BrF3N4S/c13-7-3-1-2-6(4-7)8-5-9(12(14,15)16)19-11(18-8)20-10(17)21/h1-5H,(H3,17,18,19,20,21). The molecule has 0 aliphatic heterocycles. The smallest absolute Gasteiger partial charge is 0.376 e. The largest absolute Gasteiger partial charge is 0.433 e. The molecule has 0 aliphatic rings. The maximum atomic E-state index is 12.9. The van der Waals surface area contributed by atoms with Gasteiger partial charge in [-0.05, 0) is 30.4 Å². The van der Waals surface area contributed by atoms with E-state index in [0.29, 0.717) is 5.56 Å². The second-order valence-corrected chi connectivity index (χ2v) is 5.31. The van der Waals surface area contributed by atoms with Gasteiger partial charge in [0.15, 0.2) is 10.8 Å². The maximum absolute atomic E-state index is 12.9. The molecule has 1 heterocycles. The molecule has 4 nitrogen and oxygen atoms in total. The molecule has 2 aromatic rings. The summed E-state index contributed by atoms with van der Waals surface area (Å²) in [4.78, 5) is 7.35. The Morgan fingerprint density at radius 3 is 2.52 bits per heavy atom. The first-order chi connectivity index (χ1) is 9.75. The summed E-state index contributed by atoms with van der Waals surface area (Å²) in [5.74, 6) is -0.299. The van der Waals surface area contributed by atoms with Crippen molar-refractivity contribution in [2.75, 3.05) is 5.32 Å². The Morgan fingerprint density at radius 2 is 1.95 bits per heavy atom. The lowest BCUT2D eigenvalue weighted by Gasteiger charge is -2.11. The highest BCUT2D eigenvalue weighted by Crippen LogP contribution is 2.31. The number of nitrogens with zero attached hydrogens (tertiary/aromatic N) is 2. The normalized spacial score (nSPS) is 11.2. The average molecular weight is 377 g/mol. The number of aromatic nitrogens is 2. The van der Waals surface area contributed by atoms with Gasteiger partial charge in [0.05, 0.1) is 5.69 Å². The Labute approximate surface area is 131 Å². The summed E-state index contributed by atoms with van der Waals surface area (Å²) in [7, 11) is 0. The highest BCUT2D eigenvalue weighted by Gasteiger charge is 2.33. The SMILES string of the molecule is NC(=S)Nc1nc(-c2cccc(Br)c2)cc(C(F)(F)F)n1. The predicted molar refractivity (Wildman–Crippen MR) is 80.6 cm³/mol. The highest BCUT2D eigenvalue weighted by molar-refractivity contribution is 9.10. The Bertz CT molecular complexity index is 690. The van der Waals surface area contributed by atoms with Crippen LogP contribution in [0.2, 0.25) is 0 Å². The number of nitrogens with one attached hydrogen (secondary N) is 1. The fourth-order valence-corrected chi connectivity index (χ4v) is 2.04. The lowest BCUT2D eigenvalue weighted by Crippen LogP contribution is -2.22. The van der Waals surface area contributed by atoms with E-state index < -0.39 is 11.9 Å². The predicted octanol–water partition coefficient (Wildman–Crippen LogP) is 3.58. The summed E-state index contributed by atoms with van der Waals surface area (Å²) >= 11 is 7.85. The monoisotopic (exact) mass is 376 g/mol. The number of nitrogens with two attached hydrogens (primary N) is 1. The van der Waals surface area contributed by atoms with Gasteiger partial charge in [0.2, 0.25) is 5.95 Å². The minimum absolute atomic E-state index is 0.109. The van der Waals surface area contributed by atoms with Gasteiger partial charge in [-0.2, -0.15) is 13.2 Å². The van der Waals surface area contributed by atoms with Crippen molar-refractivity contribution in [1.82, 2.24) is 9.97 Å². The van der Waals surface area contributed by atoms with Crippen molar-refractivity contribution >= 4 is 39.2 Å². The van der Waals surface area contributed by atoms with Crippen molar-refractivity contribution in [3.63, 3.8) is 0 Å². The Hall–Kier alpha value is -1.74. The number of thiocarbonyl (C=S) groups is 1. The summed E-state index contributed by atoms with van der Waals surface area (Å²) in [6.45, 7) is 0. The summed E-state index contributed by atoms with van der Waals surface area (Å²) < 4.78 is 39.4. The number of benzene rings is 1. The van der Waals surface area contributed by atoms with Crippen LogP contribution in [0.15, 0.2) is 34.8 Å². The molecule has 0 amide bonds. The van der Waals surface area contributed by atoms with E-state index in [0.717, 1.165) is 10.5 Å². The fourth-order valence-electron chi connectivity index (χ4n) is 1.55. The minimum Gasteiger partial charge on any atom is -0.376 e. The number of halogens is 4. The van der Waals surface area contributed by atoms with Crippen LogP contribution in [-0.4, -0.2) is 15.1 Å². The lowest BCUT2D eigenvalue weighted by molar-refractivity contribution is -0.141. The second kappa shape index (κ2) is 5.94. The number of alkyl halides is 3. The van der Waals surface area contributed by atoms with Crippen molar-refractivity contribution in [3.05, 3.63) is 40.5 Å². The summed E-state index contributed by atoms with van der Waals surface area (Å²) in [5.41, 5.74) is 4.78. The molecule has 21 heavy (non-hydrogen) atoms. The van der Waals surface area contributed by atoms with E-state index in [1.165, 1.54) is 0 Å². The van der Waals surface area contributed by atoms with Crippen molar-refractivity contribution in [1.29, 1.82) is 0 Å². The molecular weight excluding hydrogens is 369 g/mol. The van der Waals surface area contributed by atoms with Crippen LogP contribution in [0.25, 0.3) is 11.3 Å². The average Bonchev–Trinajstić information content (AvgIpc) is 2.36. The second-order valence-electron chi connectivity index (χ2n) is 3.96.